The van der Waals surface area contributed by atoms with Crippen molar-refractivity contribution in [2.75, 3.05) is 31.6 Å². The molecule has 1 atom stereocenters. The molecule has 1 aliphatic rings. The van der Waals surface area contributed by atoms with Gasteiger partial charge in [-0.25, -0.2) is 18.2 Å². The van der Waals surface area contributed by atoms with E-state index in [0.29, 0.717) is 24.4 Å². The van der Waals surface area contributed by atoms with Crippen LogP contribution in [0, 0.1) is 0 Å². The molecule has 0 saturated carbocycles. The fraction of sp³-hybridized carbons (Fsp3) is 0.615. The van der Waals surface area contributed by atoms with Gasteiger partial charge in [0.05, 0.1) is 23.1 Å². The summed E-state index contributed by atoms with van der Waals surface area (Å²) in [4.78, 5) is 28.3. The number of likely N-dealkylation sites (N-methyl/N-ethyl adjacent to an activating group) is 1. The minimum Gasteiger partial charge on any atom is -0.476 e. The van der Waals surface area contributed by atoms with E-state index < -0.39 is 15.8 Å². The summed E-state index contributed by atoms with van der Waals surface area (Å²) >= 11 is 1.24. The number of nitrogens with one attached hydrogen (secondary N) is 1. The molecular formula is C13H19N3O5S2. The summed E-state index contributed by atoms with van der Waals surface area (Å²) in [6.07, 6.45) is 1.02. The number of rotatable bonds is 7. The SMILES string of the molecule is CN(CC(=O)NCCc1nc(C(=O)O)cs1)[C@@H]1CCS(=O)(=O)C1. The van der Waals surface area contributed by atoms with Gasteiger partial charge in [0.15, 0.2) is 15.5 Å². The van der Waals surface area contributed by atoms with Gasteiger partial charge < -0.3 is 10.4 Å². The number of aromatic nitrogens is 1. The van der Waals surface area contributed by atoms with Crippen LogP contribution < -0.4 is 5.32 Å². The molecule has 0 unspecified atom stereocenters. The van der Waals surface area contributed by atoms with E-state index in [2.05, 4.69) is 10.3 Å². The van der Waals surface area contributed by atoms with Gasteiger partial charge in [-0.05, 0) is 13.5 Å². The van der Waals surface area contributed by atoms with Crippen molar-refractivity contribution < 1.29 is 23.1 Å². The predicted octanol–water partition coefficient (Wildman–Crippen LogP) is -0.381. The molecule has 0 radical (unpaired) electrons. The van der Waals surface area contributed by atoms with Crippen molar-refractivity contribution >= 4 is 33.1 Å². The molecule has 1 fully saturated rings. The Balaban J connectivity index is 1.71. The third-order valence-corrected chi connectivity index (χ3v) is 6.32. The normalized spacial score (nSPS) is 19.8. The number of hydrogen-bond donors (Lipinski definition) is 2. The summed E-state index contributed by atoms with van der Waals surface area (Å²) in [7, 11) is -1.22. The van der Waals surface area contributed by atoms with Crippen LogP contribution in [0.25, 0.3) is 0 Å². The van der Waals surface area contributed by atoms with E-state index in [1.807, 2.05) is 0 Å². The Kier molecular flexibility index (Phi) is 5.71. The molecule has 8 nitrogen and oxygen atoms in total. The molecule has 1 aromatic heterocycles. The maximum atomic E-state index is 11.9. The Hall–Kier alpha value is -1.52. The maximum absolute atomic E-state index is 11.9. The number of amides is 1. The second-order valence-electron chi connectivity index (χ2n) is 5.50. The monoisotopic (exact) mass is 361 g/mol. The Morgan fingerprint density at radius 2 is 2.26 bits per heavy atom. The van der Waals surface area contributed by atoms with Crippen molar-refractivity contribution in [2.24, 2.45) is 0 Å². The Morgan fingerprint density at radius 1 is 1.52 bits per heavy atom. The number of aromatic carboxylic acids is 1. The Morgan fingerprint density at radius 3 is 2.83 bits per heavy atom. The van der Waals surface area contributed by atoms with Gasteiger partial charge in [0.1, 0.15) is 0 Å². The number of thiazole rings is 1. The largest absolute Gasteiger partial charge is 0.476 e. The van der Waals surface area contributed by atoms with Crippen LogP contribution >= 0.6 is 11.3 Å². The van der Waals surface area contributed by atoms with Gasteiger partial charge in [-0.1, -0.05) is 0 Å². The van der Waals surface area contributed by atoms with Gasteiger partial charge >= 0.3 is 5.97 Å². The van der Waals surface area contributed by atoms with E-state index in [1.54, 1.807) is 11.9 Å². The minimum absolute atomic E-state index is 0.0125. The quantitative estimate of drug-likeness (QED) is 0.680. The summed E-state index contributed by atoms with van der Waals surface area (Å²) < 4.78 is 22.9. The van der Waals surface area contributed by atoms with Gasteiger partial charge in [0.2, 0.25) is 5.91 Å². The maximum Gasteiger partial charge on any atom is 0.355 e. The fourth-order valence-corrected chi connectivity index (χ4v) is 4.94. The summed E-state index contributed by atoms with van der Waals surface area (Å²) in [6.45, 7) is 0.501. The number of nitrogens with zero attached hydrogens (tertiary/aromatic N) is 2. The van der Waals surface area contributed by atoms with E-state index in [4.69, 9.17) is 5.11 Å². The smallest absolute Gasteiger partial charge is 0.355 e. The molecule has 0 bridgehead atoms. The van der Waals surface area contributed by atoms with Crippen LogP contribution in [0.2, 0.25) is 0 Å². The van der Waals surface area contributed by atoms with Crippen LogP contribution in [0.1, 0.15) is 21.9 Å². The summed E-state index contributed by atoms with van der Waals surface area (Å²) in [5, 5.41) is 13.6. The molecule has 1 aliphatic heterocycles. The van der Waals surface area contributed by atoms with Crippen molar-refractivity contribution in [3.05, 3.63) is 16.1 Å². The molecule has 0 aliphatic carbocycles. The molecule has 23 heavy (non-hydrogen) atoms. The topological polar surface area (TPSA) is 117 Å². The molecule has 1 saturated heterocycles. The lowest BCUT2D eigenvalue weighted by Gasteiger charge is -2.22. The molecule has 0 aromatic carbocycles. The van der Waals surface area contributed by atoms with Crippen molar-refractivity contribution in [1.29, 1.82) is 0 Å². The van der Waals surface area contributed by atoms with Gasteiger partial charge in [-0.15, -0.1) is 11.3 Å². The number of carboxylic acids is 1. The molecule has 10 heteroatoms. The highest BCUT2D eigenvalue weighted by molar-refractivity contribution is 7.91. The van der Waals surface area contributed by atoms with Crippen LogP contribution in [-0.4, -0.2) is 73.0 Å². The van der Waals surface area contributed by atoms with Crippen LogP contribution in [0.5, 0.6) is 0 Å². The number of carboxylic acid groups (broad SMARTS) is 1. The second-order valence-corrected chi connectivity index (χ2v) is 8.67. The van der Waals surface area contributed by atoms with E-state index in [1.165, 1.54) is 16.7 Å². The van der Waals surface area contributed by atoms with E-state index in [0.717, 1.165) is 0 Å². The van der Waals surface area contributed by atoms with E-state index in [9.17, 15) is 18.0 Å². The molecule has 2 heterocycles. The summed E-state index contributed by atoms with van der Waals surface area (Å²) in [5.41, 5.74) is 0.0125. The number of carbonyl (C=O) groups is 2. The predicted molar refractivity (Wildman–Crippen MR) is 85.5 cm³/mol. The third-order valence-electron chi connectivity index (χ3n) is 3.66. The number of hydrogen-bond acceptors (Lipinski definition) is 7. The van der Waals surface area contributed by atoms with E-state index >= 15 is 0 Å². The average Bonchev–Trinajstić information content (AvgIpc) is 3.05. The highest BCUT2D eigenvalue weighted by Gasteiger charge is 2.31. The van der Waals surface area contributed by atoms with Crippen molar-refractivity contribution in [1.82, 2.24) is 15.2 Å². The molecule has 2 N–H and O–H groups in total. The first-order valence-corrected chi connectivity index (χ1v) is 9.82. The first-order chi connectivity index (χ1) is 10.8. The zero-order valence-corrected chi connectivity index (χ0v) is 14.3. The standard InChI is InChI=1S/C13H19N3O5S2/c1-16(9-3-5-23(20,21)8-9)6-11(17)14-4-2-12-15-10(7-22-12)13(18)19/h7,9H,2-6,8H2,1H3,(H,14,17)(H,18,19)/t9-/m1/s1. The van der Waals surface area contributed by atoms with Crippen molar-refractivity contribution in [2.45, 2.75) is 18.9 Å². The second kappa shape index (κ2) is 7.37. The summed E-state index contributed by atoms with van der Waals surface area (Å²) in [6, 6.07) is -0.108. The molecule has 128 valence electrons. The van der Waals surface area contributed by atoms with Crippen LogP contribution in [-0.2, 0) is 21.1 Å². The lowest BCUT2D eigenvalue weighted by molar-refractivity contribution is -0.122. The lowest BCUT2D eigenvalue weighted by atomic mass is 10.2. The first-order valence-electron chi connectivity index (χ1n) is 7.12. The molecule has 0 spiro atoms. The Bertz CT molecular complexity index is 686. The van der Waals surface area contributed by atoms with Gasteiger partial charge in [0, 0.05) is 24.4 Å². The van der Waals surface area contributed by atoms with Crippen LogP contribution in [0.15, 0.2) is 5.38 Å². The van der Waals surface area contributed by atoms with Crippen molar-refractivity contribution in [3.8, 4) is 0 Å². The van der Waals surface area contributed by atoms with Gasteiger partial charge in [0.25, 0.3) is 0 Å². The highest BCUT2D eigenvalue weighted by atomic mass is 32.2. The first kappa shape index (κ1) is 17.8. The van der Waals surface area contributed by atoms with Crippen LogP contribution in [0.4, 0.5) is 0 Å². The van der Waals surface area contributed by atoms with Crippen molar-refractivity contribution in [3.63, 3.8) is 0 Å². The fourth-order valence-electron chi connectivity index (χ4n) is 2.37. The minimum atomic E-state index is -2.96. The van der Waals surface area contributed by atoms with Gasteiger partial charge in [-0.2, -0.15) is 0 Å². The average molecular weight is 361 g/mol. The molecular weight excluding hydrogens is 342 g/mol. The van der Waals surface area contributed by atoms with Crippen LogP contribution in [0.3, 0.4) is 0 Å². The lowest BCUT2D eigenvalue weighted by Crippen LogP contribution is -2.41. The van der Waals surface area contributed by atoms with E-state index in [-0.39, 0.29) is 35.7 Å². The zero-order valence-electron chi connectivity index (χ0n) is 12.7. The molecule has 1 aromatic rings. The third kappa shape index (κ3) is 5.26. The Labute approximate surface area is 138 Å². The highest BCUT2D eigenvalue weighted by Crippen LogP contribution is 2.16. The van der Waals surface area contributed by atoms with Gasteiger partial charge in [-0.3, -0.25) is 9.69 Å². The number of sulfone groups is 1. The zero-order chi connectivity index (χ0) is 17.0. The molecule has 2 rings (SSSR count). The number of carbonyl (C=O) groups excluding carboxylic acids is 1. The molecule has 1 amide bonds. The summed E-state index contributed by atoms with van der Waals surface area (Å²) in [5.74, 6) is -0.968.